The third kappa shape index (κ3) is 3.88. The molecule has 3 N–H and O–H groups in total. The monoisotopic (exact) mass is 274 g/mol. The summed E-state index contributed by atoms with van der Waals surface area (Å²) in [6.45, 7) is 8.02. The number of amidine groups is 1. The zero-order valence-electron chi connectivity index (χ0n) is 11.3. The molecule has 6 heteroatoms. The van der Waals surface area contributed by atoms with Gasteiger partial charge in [-0.25, -0.2) is 0 Å². The van der Waals surface area contributed by atoms with Crippen LogP contribution in [-0.2, 0) is 14.3 Å². The molecule has 1 heterocycles. The van der Waals surface area contributed by atoms with Crippen LogP contribution in [0.25, 0.3) is 0 Å². The van der Waals surface area contributed by atoms with Crippen LogP contribution < -0.4 is 5.73 Å². The number of carbonyl (C=O) groups is 1. The van der Waals surface area contributed by atoms with Crippen LogP contribution in [0.1, 0.15) is 27.7 Å². The van der Waals surface area contributed by atoms with Crippen LogP contribution in [0, 0.1) is 23.2 Å². The average Bonchev–Trinajstić information content (AvgIpc) is 2.27. The molecule has 0 bridgehead atoms. The second-order valence-electron chi connectivity index (χ2n) is 4.90. The van der Waals surface area contributed by atoms with Gasteiger partial charge in [0.1, 0.15) is 12.0 Å². The number of rotatable bonds is 3. The van der Waals surface area contributed by atoms with E-state index in [0.717, 1.165) is 0 Å². The molecule has 1 saturated heterocycles. The molecule has 0 aromatic rings. The Balaban J connectivity index is 2.67. The Bertz CT molecular complexity index is 322. The SMILES string of the molecule is CC(=O)OCC1O[C@@H](SC(=N)N)C(C)[C@@H](C)[C@@H]1C. The van der Waals surface area contributed by atoms with E-state index >= 15 is 0 Å². The van der Waals surface area contributed by atoms with E-state index in [2.05, 4.69) is 20.8 Å². The fraction of sp³-hybridized carbons (Fsp3) is 0.833. The van der Waals surface area contributed by atoms with E-state index in [4.69, 9.17) is 20.6 Å². The van der Waals surface area contributed by atoms with Crippen LogP contribution in [0.4, 0.5) is 0 Å². The standard InChI is InChI=1S/C12H22N2O3S/c1-6-7(2)10(5-16-9(4)15)17-11(8(6)3)18-12(13)14/h6-8,10-11H,5H2,1-4H3,(H3,13,14)/t6-,7-,8?,10?,11-/m0/s1. The van der Waals surface area contributed by atoms with E-state index < -0.39 is 0 Å². The van der Waals surface area contributed by atoms with Crippen molar-refractivity contribution < 1.29 is 14.3 Å². The van der Waals surface area contributed by atoms with Crippen molar-refractivity contribution in [1.29, 1.82) is 5.41 Å². The average molecular weight is 274 g/mol. The maximum atomic E-state index is 10.9. The molecule has 0 saturated carbocycles. The number of thioether (sulfide) groups is 1. The number of nitrogens with one attached hydrogen (secondary N) is 1. The van der Waals surface area contributed by atoms with E-state index in [0.29, 0.717) is 17.8 Å². The highest BCUT2D eigenvalue weighted by atomic mass is 32.2. The van der Waals surface area contributed by atoms with Gasteiger partial charge in [0.2, 0.25) is 0 Å². The van der Waals surface area contributed by atoms with Crippen LogP contribution in [0.5, 0.6) is 0 Å². The molecule has 2 unspecified atom stereocenters. The first-order chi connectivity index (χ1) is 8.32. The van der Waals surface area contributed by atoms with Crippen molar-refractivity contribution in [2.24, 2.45) is 23.5 Å². The minimum atomic E-state index is -0.298. The summed E-state index contributed by atoms with van der Waals surface area (Å²) in [6.07, 6.45) is -0.128. The number of esters is 1. The van der Waals surface area contributed by atoms with E-state index in [1.165, 1.54) is 18.7 Å². The third-order valence-electron chi connectivity index (χ3n) is 3.68. The maximum Gasteiger partial charge on any atom is 0.302 e. The number of hydrogen-bond donors (Lipinski definition) is 2. The number of ether oxygens (including phenoxy) is 2. The van der Waals surface area contributed by atoms with Crippen molar-refractivity contribution in [3.63, 3.8) is 0 Å². The van der Waals surface area contributed by atoms with Crippen LogP contribution in [0.3, 0.4) is 0 Å². The molecule has 5 nitrogen and oxygen atoms in total. The van der Waals surface area contributed by atoms with Gasteiger partial charge in [0.05, 0.1) is 6.10 Å². The van der Waals surface area contributed by atoms with Crippen molar-refractivity contribution in [2.75, 3.05) is 6.61 Å². The minimum absolute atomic E-state index is 0.0554. The van der Waals surface area contributed by atoms with Gasteiger partial charge in [-0.15, -0.1) is 0 Å². The Morgan fingerprint density at radius 3 is 2.44 bits per heavy atom. The van der Waals surface area contributed by atoms with Crippen molar-refractivity contribution >= 4 is 22.9 Å². The maximum absolute atomic E-state index is 10.9. The molecule has 0 radical (unpaired) electrons. The van der Waals surface area contributed by atoms with Crippen molar-refractivity contribution in [3.8, 4) is 0 Å². The Morgan fingerprint density at radius 1 is 1.33 bits per heavy atom. The lowest BCUT2D eigenvalue weighted by atomic mass is 9.80. The van der Waals surface area contributed by atoms with Gasteiger partial charge in [-0.05, 0) is 17.8 Å². The Hall–Kier alpha value is -0.750. The van der Waals surface area contributed by atoms with Gasteiger partial charge in [0, 0.05) is 6.92 Å². The molecule has 0 amide bonds. The number of nitrogens with two attached hydrogens (primary N) is 1. The number of hydrogen-bond acceptors (Lipinski definition) is 5. The highest BCUT2D eigenvalue weighted by molar-refractivity contribution is 8.14. The minimum Gasteiger partial charge on any atom is -0.463 e. The molecule has 1 aliphatic rings. The summed E-state index contributed by atoms with van der Waals surface area (Å²) in [5, 5.41) is 7.40. The summed E-state index contributed by atoms with van der Waals surface area (Å²) in [6, 6.07) is 0. The van der Waals surface area contributed by atoms with Gasteiger partial charge >= 0.3 is 5.97 Å². The summed E-state index contributed by atoms with van der Waals surface area (Å²) in [5.41, 5.74) is 5.27. The molecule has 0 aromatic carbocycles. The molecule has 0 aromatic heterocycles. The molecular formula is C12H22N2O3S. The zero-order valence-corrected chi connectivity index (χ0v) is 12.1. The van der Waals surface area contributed by atoms with Gasteiger partial charge in [-0.1, -0.05) is 32.5 Å². The predicted octanol–water partition coefficient (Wildman–Crippen LogP) is 1.81. The number of carbonyl (C=O) groups excluding carboxylic acids is 1. The van der Waals surface area contributed by atoms with Gasteiger partial charge in [-0.3, -0.25) is 10.2 Å². The summed E-state index contributed by atoms with van der Waals surface area (Å²) in [7, 11) is 0. The smallest absolute Gasteiger partial charge is 0.302 e. The van der Waals surface area contributed by atoms with Crippen LogP contribution in [0.2, 0.25) is 0 Å². The molecule has 0 aliphatic carbocycles. The molecule has 1 rings (SSSR count). The summed E-state index contributed by atoms with van der Waals surface area (Å²) in [5.74, 6) is 0.745. The van der Waals surface area contributed by atoms with Crippen molar-refractivity contribution in [3.05, 3.63) is 0 Å². The van der Waals surface area contributed by atoms with E-state index in [-0.39, 0.29) is 29.3 Å². The van der Waals surface area contributed by atoms with E-state index in [1.54, 1.807) is 0 Å². The van der Waals surface area contributed by atoms with Crippen molar-refractivity contribution in [1.82, 2.24) is 0 Å². The Kier molecular flexibility index (Phi) is 5.47. The molecule has 1 aliphatic heterocycles. The highest BCUT2D eigenvalue weighted by Crippen LogP contribution is 2.39. The molecule has 5 atom stereocenters. The fourth-order valence-electron chi connectivity index (χ4n) is 2.14. The first kappa shape index (κ1) is 15.3. The quantitative estimate of drug-likeness (QED) is 0.466. The second-order valence-corrected chi connectivity index (χ2v) is 6.05. The van der Waals surface area contributed by atoms with Gasteiger partial charge < -0.3 is 15.2 Å². The van der Waals surface area contributed by atoms with Gasteiger partial charge in [0.25, 0.3) is 0 Å². The van der Waals surface area contributed by atoms with Crippen molar-refractivity contribution in [2.45, 2.75) is 39.2 Å². The zero-order chi connectivity index (χ0) is 13.9. The predicted molar refractivity (Wildman–Crippen MR) is 72.3 cm³/mol. The first-order valence-electron chi connectivity index (χ1n) is 6.12. The summed E-state index contributed by atoms with van der Waals surface area (Å²) < 4.78 is 10.9. The highest BCUT2D eigenvalue weighted by Gasteiger charge is 2.40. The normalized spacial score (nSPS) is 36.1. The lowest BCUT2D eigenvalue weighted by Crippen LogP contribution is -2.46. The topological polar surface area (TPSA) is 85.4 Å². The molecule has 1 fully saturated rings. The summed E-state index contributed by atoms with van der Waals surface area (Å²) >= 11 is 1.23. The van der Waals surface area contributed by atoms with Gasteiger partial charge in [-0.2, -0.15) is 0 Å². The molecular weight excluding hydrogens is 252 g/mol. The van der Waals surface area contributed by atoms with Crippen LogP contribution in [-0.4, -0.2) is 29.3 Å². The molecule has 104 valence electrons. The third-order valence-corrected chi connectivity index (χ3v) is 4.70. The summed E-state index contributed by atoms with van der Waals surface area (Å²) in [4.78, 5) is 10.9. The van der Waals surface area contributed by atoms with E-state index in [9.17, 15) is 4.79 Å². The first-order valence-corrected chi connectivity index (χ1v) is 7.00. The molecule has 18 heavy (non-hydrogen) atoms. The largest absolute Gasteiger partial charge is 0.463 e. The fourth-order valence-corrected chi connectivity index (χ4v) is 3.05. The van der Waals surface area contributed by atoms with Crippen LogP contribution in [0.15, 0.2) is 0 Å². The lowest BCUT2D eigenvalue weighted by molar-refractivity contribution is -0.156. The molecule has 0 spiro atoms. The van der Waals surface area contributed by atoms with Gasteiger partial charge in [0.15, 0.2) is 5.17 Å². The lowest BCUT2D eigenvalue weighted by Gasteiger charge is -2.42. The van der Waals surface area contributed by atoms with E-state index in [1.807, 2.05) is 0 Å². The Morgan fingerprint density at radius 2 is 1.94 bits per heavy atom. The second kappa shape index (κ2) is 6.43. The Labute approximate surface area is 112 Å². The van der Waals surface area contributed by atoms with Crippen LogP contribution >= 0.6 is 11.8 Å².